The van der Waals surface area contributed by atoms with Crippen LogP contribution in [-0.4, -0.2) is 73.1 Å². The molecule has 3 aliphatic heterocycles. The zero-order valence-corrected chi connectivity index (χ0v) is 16.6. The van der Waals surface area contributed by atoms with Crippen molar-refractivity contribution in [3.8, 4) is 0 Å². The number of nitrogens with zero attached hydrogens (tertiary/aromatic N) is 3. The number of carbonyl (C=O) groups excluding carboxylic acids is 3. The first-order valence-electron chi connectivity index (χ1n) is 10.1. The monoisotopic (exact) mass is 423 g/mol. The van der Waals surface area contributed by atoms with Gasteiger partial charge in [0.15, 0.2) is 0 Å². The molecule has 3 amide bonds. The van der Waals surface area contributed by atoms with Crippen LogP contribution in [0.4, 0.5) is 11.4 Å². The maximum Gasteiger partial charge on any atom is 0.261 e. The van der Waals surface area contributed by atoms with Crippen LogP contribution in [0.5, 0.6) is 0 Å². The van der Waals surface area contributed by atoms with Crippen LogP contribution in [0.3, 0.4) is 0 Å². The zero-order chi connectivity index (χ0) is 21.5. The van der Waals surface area contributed by atoms with Crippen molar-refractivity contribution in [2.75, 3.05) is 42.6 Å². The molecule has 3 heterocycles. The highest BCUT2D eigenvalue weighted by atomic mass is 16.6. The SMILES string of the molecule is O=C1c2ccccc2C(=O)N1C[C@H]1CN(c2ccc(N3CCOCC3=O)cc2)C(O)O1. The second kappa shape index (κ2) is 7.77. The molecule has 1 N–H and O–H groups in total. The summed E-state index contributed by atoms with van der Waals surface area (Å²) >= 11 is 0. The standard InChI is InChI=1S/C22H21N3O6/c26-19-13-30-10-9-23(19)14-5-7-15(8-6-14)24-11-16(31-22(24)29)12-25-20(27)17-3-1-2-4-18(17)21(25)28/h1-8,16,22,29H,9-13H2/t16-,22?/m1/s1. The van der Waals surface area contributed by atoms with E-state index in [9.17, 15) is 19.5 Å². The lowest BCUT2D eigenvalue weighted by atomic mass is 10.1. The number of aliphatic hydroxyl groups is 1. The van der Waals surface area contributed by atoms with Crippen LogP contribution in [0.1, 0.15) is 20.7 Å². The molecule has 2 aromatic rings. The summed E-state index contributed by atoms with van der Waals surface area (Å²) in [6.45, 7) is 1.42. The lowest BCUT2D eigenvalue weighted by molar-refractivity contribution is -0.125. The third-order valence-corrected chi connectivity index (χ3v) is 5.72. The number of aliphatic hydroxyl groups excluding tert-OH is 1. The molecular formula is C22H21N3O6. The van der Waals surface area contributed by atoms with Gasteiger partial charge >= 0.3 is 0 Å². The number of amides is 3. The average molecular weight is 423 g/mol. The Morgan fingerprint density at radius 3 is 2.23 bits per heavy atom. The largest absolute Gasteiger partial charge is 0.370 e. The third kappa shape index (κ3) is 3.46. The van der Waals surface area contributed by atoms with E-state index in [1.807, 2.05) is 12.1 Å². The maximum absolute atomic E-state index is 12.6. The Balaban J connectivity index is 1.26. The van der Waals surface area contributed by atoms with E-state index in [1.165, 1.54) is 4.90 Å². The summed E-state index contributed by atoms with van der Waals surface area (Å²) < 4.78 is 10.8. The molecular weight excluding hydrogens is 402 g/mol. The quantitative estimate of drug-likeness (QED) is 0.727. The zero-order valence-electron chi connectivity index (χ0n) is 16.6. The van der Waals surface area contributed by atoms with E-state index < -0.39 is 12.5 Å². The molecule has 2 fully saturated rings. The molecule has 0 radical (unpaired) electrons. The van der Waals surface area contributed by atoms with Crippen LogP contribution in [0.25, 0.3) is 0 Å². The minimum Gasteiger partial charge on any atom is -0.370 e. The van der Waals surface area contributed by atoms with Crippen molar-refractivity contribution < 1.29 is 29.0 Å². The predicted molar refractivity (Wildman–Crippen MR) is 110 cm³/mol. The van der Waals surface area contributed by atoms with Crippen molar-refractivity contribution in [3.05, 3.63) is 59.7 Å². The van der Waals surface area contributed by atoms with Gasteiger partial charge in [-0.1, -0.05) is 12.1 Å². The van der Waals surface area contributed by atoms with Gasteiger partial charge in [-0.3, -0.25) is 19.3 Å². The van der Waals surface area contributed by atoms with Crippen LogP contribution in [0, 0.1) is 0 Å². The van der Waals surface area contributed by atoms with E-state index >= 15 is 0 Å². The first kappa shape index (κ1) is 19.7. The number of hydrogen-bond donors (Lipinski definition) is 1. The Bertz CT molecular complexity index is 1000. The van der Waals surface area contributed by atoms with Gasteiger partial charge in [0, 0.05) is 17.9 Å². The molecule has 0 bridgehead atoms. The molecule has 3 aliphatic rings. The molecule has 9 heteroatoms. The van der Waals surface area contributed by atoms with E-state index in [0.29, 0.717) is 36.5 Å². The van der Waals surface area contributed by atoms with E-state index in [2.05, 4.69) is 0 Å². The maximum atomic E-state index is 12.6. The highest BCUT2D eigenvalue weighted by molar-refractivity contribution is 6.21. The topological polar surface area (TPSA) is 99.6 Å². The van der Waals surface area contributed by atoms with Gasteiger partial charge in [-0.05, 0) is 36.4 Å². The van der Waals surface area contributed by atoms with E-state index in [1.54, 1.807) is 46.2 Å². The Kier molecular flexibility index (Phi) is 4.93. The number of morpholine rings is 1. The van der Waals surface area contributed by atoms with Crippen LogP contribution in [0.2, 0.25) is 0 Å². The summed E-state index contributed by atoms with van der Waals surface area (Å²) in [5, 5.41) is 10.4. The van der Waals surface area contributed by atoms with Gasteiger partial charge in [-0.15, -0.1) is 0 Å². The normalized spacial score (nSPS) is 23.6. The van der Waals surface area contributed by atoms with Gasteiger partial charge in [-0.25, -0.2) is 0 Å². The van der Waals surface area contributed by atoms with Crippen molar-refractivity contribution in [1.29, 1.82) is 0 Å². The van der Waals surface area contributed by atoms with Crippen molar-refractivity contribution in [3.63, 3.8) is 0 Å². The summed E-state index contributed by atoms with van der Waals surface area (Å²) in [6, 6.07) is 13.9. The number of carbonyl (C=O) groups is 3. The van der Waals surface area contributed by atoms with Crippen LogP contribution >= 0.6 is 0 Å². The van der Waals surface area contributed by atoms with Crippen LogP contribution < -0.4 is 9.80 Å². The molecule has 0 aromatic heterocycles. The number of imide groups is 1. The molecule has 2 saturated heterocycles. The van der Waals surface area contributed by atoms with Crippen LogP contribution in [-0.2, 0) is 14.3 Å². The van der Waals surface area contributed by atoms with Gasteiger partial charge in [-0.2, -0.15) is 0 Å². The lowest BCUT2D eigenvalue weighted by Crippen LogP contribution is -2.41. The summed E-state index contributed by atoms with van der Waals surface area (Å²) in [6.07, 6.45) is -1.73. The lowest BCUT2D eigenvalue weighted by Gasteiger charge is -2.27. The molecule has 1 unspecified atom stereocenters. The fourth-order valence-corrected chi connectivity index (χ4v) is 4.16. The number of ether oxygens (including phenoxy) is 2. The first-order valence-corrected chi connectivity index (χ1v) is 10.1. The van der Waals surface area contributed by atoms with Crippen molar-refractivity contribution >= 4 is 29.1 Å². The van der Waals surface area contributed by atoms with Crippen molar-refractivity contribution in [2.24, 2.45) is 0 Å². The fraction of sp³-hybridized carbons (Fsp3) is 0.318. The Hall–Kier alpha value is -3.27. The first-order chi connectivity index (χ1) is 15.0. The van der Waals surface area contributed by atoms with Gasteiger partial charge in [0.1, 0.15) is 6.61 Å². The van der Waals surface area contributed by atoms with Gasteiger partial charge < -0.3 is 24.4 Å². The summed E-state index contributed by atoms with van der Waals surface area (Å²) in [5.41, 5.74) is 2.24. The molecule has 5 rings (SSSR count). The summed E-state index contributed by atoms with van der Waals surface area (Å²) in [4.78, 5) is 41.6. The molecule has 0 saturated carbocycles. The van der Waals surface area contributed by atoms with Gasteiger partial charge in [0.2, 0.25) is 6.41 Å². The smallest absolute Gasteiger partial charge is 0.261 e. The Morgan fingerprint density at radius 2 is 1.58 bits per heavy atom. The molecule has 160 valence electrons. The Morgan fingerprint density at radius 1 is 0.935 bits per heavy atom. The van der Waals surface area contributed by atoms with E-state index in [0.717, 1.165) is 5.69 Å². The van der Waals surface area contributed by atoms with Gasteiger partial charge in [0.25, 0.3) is 17.7 Å². The van der Waals surface area contributed by atoms with Crippen LogP contribution in [0.15, 0.2) is 48.5 Å². The molecule has 9 nitrogen and oxygen atoms in total. The number of anilines is 2. The predicted octanol–water partition coefficient (Wildman–Crippen LogP) is 0.827. The van der Waals surface area contributed by atoms with E-state index in [4.69, 9.17) is 9.47 Å². The highest BCUT2D eigenvalue weighted by Crippen LogP contribution is 2.29. The van der Waals surface area contributed by atoms with Crippen molar-refractivity contribution in [1.82, 2.24) is 4.90 Å². The number of benzene rings is 2. The second-order valence-corrected chi connectivity index (χ2v) is 7.62. The fourth-order valence-electron chi connectivity index (χ4n) is 4.16. The highest BCUT2D eigenvalue weighted by Gasteiger charge is 2.40. The minimum absolute atomic E-state index is 0.0558. The molecule has 0 aliphatic carbocycles. The number of rotatable bonds is 4. The minimum atomic E-state index is -1.20. The van der Waals surface area contributed by atoms with Gasteiger partial charge in [0.05, 0.1) is 36.9 Å². The molecule has 2 aromatic carbocycles. The number of fused-ring (bicyclic) bond motifs is 1. The number of hydrogen-bond acceptors (Lipinski definition) is 7. The third-order valence-electron chi connectivity index (χ3n) is 5.72. The summed E-state index contributed by atoms with van der Waals surface area (Å²) in [5.74, 6) is -0.794. The van der Waals surface area contributed by atoms with E-state index in [-0.39, 0.29) is 30.9 Å². The second-order valence-electron chi connectivity index (χ2n) is 7.62. The average Bonchev–Trinajstić information content (AvgIpc) is 3.27. The molecule has 31 heavy (non-hydrogen) atoms. The molecule has 2 atom stereocenters. The molecule has 0 spiro atoms. The van der Waals surface area contributed by atoms with Crippen molar-refractivity contribution in [2.45, 2.75) is 12.5 Å². The summed E-state index contributed by atoms with van der Waals surface area (Å²) in [7, 11) is 0. The Labute approximate surface area is 178 Å².